The highest BCUT2D eigenvalue weighted by atomic mass is 32.1. The van der Waals surface area contributed by atoms with Gasteiger partial charge in [-0.3, -0.25) is 4.68 Å². The Balaban J connectivity index is 2.20. The minimum atomic E-state index is -0.982. The summed E-state index contributed by atoms with van der Waals surface area (Å²) in [5.74, 6) is -0.982. The lowest BCUT2D eigenvalue weighted by atomic mass is 10.3. The van der Waals surface area contributed by atoms with Crippen molar-refractivity contribution in [2.24, 2.45) is 0 Å². The Hall–Kier alpha value is -1.95. The third-order valence-corrected chi connectivity index (χ3v) is 3.53. The Kier molecular flexibility index (Phi) is 4.11. The molecule has 0 aromatic carbocycles. The second kappa shape index (κ2) is 5.79. The van der Waals surface area contributed by atoms with E-state index in [9.17, 15) is 4.79 Å². The summed E-state index contributed by atoms with van der Waals surface area (Å²) in [6.07, 6.45) is 6.51. The Morgan fingerprint density at radius 1 is 1.53 bits per heavy atom. The summed E-state index contributed by atoms with van der Waals surface area (Å²) < 4.78 is 1.91. The van der Waals surface area contributed by atoms with Crippen molar-refractivity contribution in [1.29, 1.82) is 0 Å². The first kappa shape index (κ1) is 13.5. The minimum Gasteiger partial charge on any atom is -0.476 e. The number of aromatic nitrogens is 3. The van der Waals surface area contributed by atoms with Crippen LogP contribution in [0, 0.1) is 6.92 Å². The molecule has 0 fully saturated rings. The van der Waals surface area contributed by atoms with Gasteiger partial charge < -0.3 is 5.11 Å². The van der Waals surface area contributed by atoms with Crippen molar-refractivity contribution in [3.05, 3.63) is 33.5 Å². The molecule has 0 aliphatic heterocycles. The molecule has 0 unspecified atom stereocenters. The maximum atomic E-state index is 10.9. The van der Waals surface area contributed by atoms with Gasteiger partial charge in [0.2, 0.25) is 0 Å². The number of nitrogens with zero attached hydrogens (tertiary/aromatic N) is 3. The lowest BCUT2D eigenvalue weighted by Crippen LogP contribution is -2.00. The summed E-state index contributed by atoms with van der Waals surface area (Å²) in [6.45, 7) is 4.72. The SMILES string of the molecule is CCCn1nccc1C=Cc1nc(C(=O)O)c(C)s1. The number of hydrogen-bond acceptors (Lipinski definition) is 4. The normalized spacial score (nSPS) is 11.3. The van der Waals surface area contributed by atoms with Crippen LogP contribution in [0.15, 0.2) is 12.3 Å². The van der Waals surface area contributed by atoms with E-state index in [0.717, 1.165) is 18.7 Å². The highest BCUT2D eigenvalue weighted by Gasteiger charge is 2.12. The van der Waals surface area contributed by atoms with Gasteiger partial charge in [0.1, 0.15) is 5.01 Å². The van der Waals surface area contributed by atoms with E-state index in [1.807, 2.05) is 22.9 Å². The number of carboxylic acid groups (broad SMARTS) is 1. The van der Waals surface area contributed by atoms with Gasteiger partial charge in [0, 0.05) is 17.6 Å². The molecule has 1 N–H and O–H groups in total. The van der Waals surface area contributed by atoms with E-state index >= 15 is 0 Å². The molecular formula is C13H15N3O2S. The molecule has 5 nitrogen and oxygen atoms in total. The van der Waals surface area contributed by atoms with Crippen LogP contribution in [0.2, 0.25) is 0 Å². The molecule has 100 valence electrons. The third kappa shape index (κ3) is 3.08. The maximum Gasteiger partial charge on any atom is 0.355 e. The highest BCUT2D eigenvalue weighted by molar-refractivity contribution is 7.12. The highest BCUT2D eigenvalue weighted by Crippen LogP contribution is 2.19. The zero-order valence-corrected chi connectivity index (χ0v) is 11.6. The van der Waals surface area contributed by atoms with Crippen LogP contribution < -0.4 is 0 Å². The van der Waals surface area contributed by atoms with E-state index in [1.165, 1.54) is 11.3 Å². The molecule has 6 heteroatoms. The molecule has 0 spiro atoms. The smallest absolute Gasteiger partial charge is 0.355 e. The Morgan fingerprint density at radius 2 is 2.32 bits per heavy atom. The molecule has 2 heterocycles. The van der Waals surface area contributed by atoms with Gasteiger partial charge in [0.15, 0.2) is 5.69 Å². The minimum absolute atomic E-state index is 0.131. The number of aromatic carboxylic acids is 1. The molecule has 0 bridgehead atoms. The quantitative estimate of drug-likeness (QED) is 0.912. The van der Waals surface area contributed by atoms with Crippen molar-refractivity contribution in [3.63, 3.8) is 0 Å². The second-order valence-corrected chi connectivity index (χ2v) is 5.31. The molecular weight excluding hydrogens is 262 g/mol. The van der Waals surface area contributed by atoms with Gasteiger partial charge in [0.25, 0.3) is 0 Å². The van der Waals surface area contributed by atoms with E-state index in [4.69, 9.17) is 5.11 Å². The molecule has 0 radical (unpaired) electrons. The van der Waals surface area contributed by atoms with Crippen molar-refractivity contribution >= 4 is 29.5 Å². The van der Waals surface area contributed by atoms with Crippen LogP contribution >= 0.6 is 11.3 Å². The summed E-state index contributed by atoms with van der Waals surface area (Å²) in [5.41, 5.74) is 1.12. The summed E-state index contributed by atoms with van der Waals surface area (Å²) in [5, 5.41) is 13.9. The first-order chi connectivity index (χ1) is 9.11. The van der Waals surface area contributed by atoms with Gasteiger partial charge >= 0.3 is 5.97 Å². The standard InChI is InChI=1S/C13H15N3O2S/c1-3-8-16-10(6-7-14-16)4-5-11-15-12(13(17)18)9(2)19-11/h4-7H,3,8H2,1-2H3,(H,17,18). The average molecular weight is 277 g/mol. The fourth-order valence-electron chi connectivity index (χ4n) is 1.73. The van der Waals surface area contributed by atoms with E-state index in [0.29, 0.717) is 9.88 Å². The number of rotatable bonds is 5. The molecule has 0 aliphatic carbocycles. The van der Waals surface area contributed by atoms with Crippen molar-refractivity contribution in [2.45, 2.75) is 26.8 Å². The van der Waals surface area contributed by atoms with Gasteiger partial charge in [-0.2, -0.15) is 5.10 Å². The second-order valence-electron chi connectivity index (χ2n) is 4.07. The van der Waals surface area contributed by atoms with Gasteiger partial charge in [0.05, 0.1) is 5.69 Å². The topological polar surface area (TPSA) is 68.0 Å². The summed E-state index contributed by atoms with van der Waals surface area (Å²) in [4.78, 5) is 15.7. The van der Waals surface area contributed by atoms with Crippen LogP contribution in [0.5, 0.6) is 0 Å². The summed E-state index contributed by atoms with van der Waals surface area (Å²) >= 11 is 1.38. The lowest BCUT2D eigenvalue weighted by molar-refractivity contribution is 0.0690. The molecule has 19 heavy (non-hydrogen) atoms. The van der Waals surface area contributed by atoms with Crippen LogP contribution in [-0.2, 0) is 6.54 Å². The van der Waals surface area contributed by atoms with Crippen LogP contribution in [0.25, 0.3) is 12.2 Å². The van der Waals surface area contributed by atoms with Crippen LogP contribution in [-0.4, -0.2) is 25.8 Å². The fraction of sp³-hybridized carbons (Fsp3) is 0.308. The van der Waals surface area contributed by atoms with Crippen molar-refractivity contribution in [1.82, 2.24) is 14.8 Å². The third-order valence-electron chi connectivity index (χ3n) is 2.60. The van der Waals surface area contributed by atoms with E-state index in [1.54, 1.807) is 13.1 Å². The van der Waals surface area contributed by atoms with E-state index in [-0.39, 0.29) is 5.69 Å². The Bertz CT molecular complexity index is 613. The van der Waals surface area contributed by atoms with Crippen LogP contribution in [0.3, 0.4) is 0 Å². The lowest BCUT2D eigenvalue weighted by Gasteiger charge is -2.00. The number of aryl methyl sites for hydroxylation is 2. The molecule has 0 saturated heterocycles. The number of carboxylic acids is 1. The predicted molar refractivity (Wildman–Crippen MR) is 75.3 cm³/mol. The molecule has 2 aromatic rings. The molecule has 0 atom stereocenters. The van der Waals surface area contributed by atoms with E-state index in [2.05, 4.69) is 17.0 Å². The number of carbonyl (C=O) groups is 1. The Labute approximate surface area is 115 Å². The van der Waals surface area contributed by atoms with Crippen LogP contribution in [0.1, 0.15) is 39.4 Å². The molecule has 2 aromatic heterocycles. The monoisotopic (exact) mass is 277 g/mol. The van der Waals surface area contributed by atoms with Gasteiger partial charge in [-0.1, -0.05) is 6.92 Å². The predicted octanol–water partition coefficient (Wildman–Crippen LogP) is 2.93. The van der Waals surface area contributed by atoms with Crippen molar-refractivity contribution in [3.8, 4) is 0 Å². The number of thiazole rings is 1. The first-order valence-electron chi connectivity index (χ1n) is 6.02. The molecule has 0 amide bonds. The zero-order valence-electron chi connectivity index (χ0n) is 10.8. The summed E-state index contributed by atoms with van der Waals surface area (Å²) in [7, 11) is 0. The molecule has 0 aliphatic rings. The van der Waals surface area contributed by atoms with Gasteiger partial charge in [-0.25, -0.2) is 9.78 Å². The largest absolute Gasteiger partial charge is 0.476 e. The molecule has 0 saturated carbocycles. The fourth-order valence-corrected chi connectivity index (χ4v) is 2.54. The van der Waals surface area contributed by atoms with Gasteiger partial charge in [-0.15, -0.1) is 11.3 Å². The molecule has 2 rings (SSSR count). The number of hydrogen-bond donors (Lipinski definition) is 1. The maximum absolute atomic E-state index is 10.9. The average Bonchev–Trinajstić information content (AvgIpc) is 2.94. The van der Waals surface area contributed by atoms with Crippen LogP contribution in [0.4, 0.5) is 0 Å². The zero-order chi connectivity index (χ0) is 13.8. The van der Waals surface area contributed by atoms with E-state index < -0.39 is 5.97 Å². The Morgan fingerprint density at radius 3 is 2.95 bits per heavy atom. The van der Waals surface area contributed by atoms with Gasteiger partial charge in [-0.05, 0) is 31.6 Å². The van der Waals surface area contributed by atoms with Crippen molar-refractivity contribution in [2.75, 3.05) is 0 Å². The first-order valence-corrected chi connectivity index (χ1v) is 6.84. The summed E-state index contributed by atoms with van der Waals surface area (Å²) in [6, 6.07) is 1.92. The van der Waals surface area contributed by atoms with Crippen molar-refractivity contribution < 1.29 is 9.90 Å².